The minimum absolute atomic E-state index is 0.206. The van der Waals surface area contributed by atoms with E-state index in [9.17, 15) is 9.59 Å². The molecule has 0 aliphatic carbocycles. The highest BCUT2D eigenvalue weighted by molar-refractivity contribution is 5.75. The van der Waals surface area contributed by atoms with E-state index in [0.717, 1.165) is 12.8 Å². The summed E-state index contributed by atoms with van der Waals surface area (Å²) in [5.41, 5.74) is -0.523. The Morgan fingerprint density at radius 1 is 0.846 bits per heavy atom. The van der Waals surface area contributed by atoms with E-state index in [4.69, 9.17) is 9.47 Å². The molecular formula is C22H42O4. The highest BCUT2D eigenvalue weighted by Crippen LogP contribution is 2.19. The van der Waals surface area contributed by atoms with Gasteiger partial charge in [0, 0.05) is 6.42 Å². The largest absolute Gasteiger partial charge is 0.462 e. The molecule has 0 aromatic heterocycles. The predicted molar refractivity (Wildman–Crippen MR) is 107 cm³/mol. The normalized spacial score (nSPS) is 13.9. The summed E-state index contributed by atoms with van der Waals surface area (Å²) in [4.78, 5) is 24.2. The van der Waals surface area contributed by atoms with E-state index in [1.54, 1.807) is 6.92 Å². The van der Waals surface area contributed by atoms with Crippen LogP contribution in [0.4, 0.5) is 0 Å². The molecule has 26 heavy (non-hydrogen) atoms. The molecule has 4 heteroatoms. The minimum atomic E-state index is -0.523. The number of rotatable bonds is 14. The Morgan fingerprint density at radius 3 is 1.81 bits per heavy atom. The van der Waals surface area contributed by atoms with Crippen LogP contribution in [-0.4, -0.2) is 23.6 Å². The average molecular weight is 371 g/mol. The molecule has 0 aliphatic rings. The first-order chi connectivity index (χ1) is 12.2. The van der Waals surface area contributed by atoms with Crippen molar-refractivity contribution in [2.75, 3.05) is 0 Å². The first-order valence-corrected chi connectivity index (χ1v) is 10.6. The van der Waals surface area contributed by atoms with Crippen LogP contribution in [0.5, 0.6) is 0 Å². The van der Waals surface area contributed by atoms with Gasteiger partial charge in [0.15, 0.2) is 0 Å². The number of carbonyl (C=O) groups is 2. The van der Waals surface area contributed by atoms with Crippen LogP contribution in [0.1, 0.15) is 112 Å². The molecule has 0 N–H and O–H groups in total. The highest BCUT2D eigenvalue weighted by Gasteiger charge is 2.30. The summed E-state index contributed by atoms with van der Waals surface area (Å²) in [6.45, 7) is 11.5. The molecule has 0 saturated carbocycles. The third kappa shape index (κ3) is 13.2. The number of hydrogen-bond donors (Lipinski definition) is 0. The summed E-state index contributed by atoms with van der Waals surface area (Å²) in [5.74, 6) is -0.896. The molecule has 0 rings (SSSR count). The van der Waals surface area contributed by atoms with Gasteiger partial charge >= 0.3 is 11.9 Å². The Bertz CT molecular complexity index is 384. The van der Waals surface area contributed by atoms with Crippen LogP contribution in [0, 0.1) is 5.92 Å². The molecular weight excluding hydrogens is 328 g/mol. The van der Waals surface area contributed by atoms with Crippen LogP contribution in [0.15, 0.2) is 0 Å². The van der Waals surface area contributed by atoms with Gasteiger partial charge in [-0.15, -0.1) is 0 Å². The van der Waals surface area contributed by atoms with Crippen molar-refractivity contribution >= 4 is 11.9 Å². The summed E-state index contributed by atoms with van der Waals surface area (Å²) < 4.78 is 10.9. The second-order valence-corrected chi connectivity index (χ2v) is 8.32. The fourth-order valence-corrected chi connectivity index (χ4v) is 3.00. The summed E-state index contributed by atoms with van der Waals surface area (Å²) in [6.07, 6.45) is 11.6. The zero-order valence-electron chi connectivity index (χ0n) is 18.1. The topological polar surface area (TPSA) is 52.6 Å². The van der Waals surface area contributed by atoms with Crippen molar-refractivity contribution in [2.45, 2.75) is 124 Å². The van der Waals surface area contributed by atoms with Crippen LogP contribution in [0.3, 0.4) is 0 Å². The second kappa shape index (κ2) is 14.1. The van der Waals surface area contributed by atoms with Crippen molar-refractivity contribution in [1.29, 1.82) is 0 Å². The Labute approximate surface area is 161 Å². The Kier molecular flexibility index (Phi) is 13.5. The molecule has 0 amide bonds. The molecule has 0 fully saturated rings. The maximum atomic E-state index is 12.2. The average Bonchev–Trinajstić information content (AvgIpc) is 2.52. The smallest absolute Gasteiger partial charge is 0.313 e. The zero-order chi connectivity index (χ0) is 20.0. The quantitative estimate of drug-likeness (QED) is 0.269. The summed E-state index contributed by atoms with van der Waals surface area (Å²) in [6, 6.07) is 0. The van der Waals surface area contributed by atoms with Gasteiger partial charge in [-0.25, -0.2) is 0 Å². The highest BCUT2D eigenvalue weighted by atomic mass is 16.6. The molecule has 4 nitrogen and oxygen atoms in total. The van der Waals surface area contributed by atoms with Crippen molar-refractivity contribution < 1.29 is 19.1 Å². The lowest BCUT2D eigenvalue weighted by Gasteiger charge is -2.26. The molecule has 2 atom stereocenters. The lowest BCUT2D eigenvalue weighted by molar-refractivity contribution is -0.168. The van der Waals surface area contributed by atoms with Crippen molar-refractivity contribution in [2.24, 2.45) is 5.92 Å². The Morgan fingerprint density at radius 2 is 1.35 bits per heavy atom. The van der Waals surface area contributed by atoms with Crippen LogP contribution in [0.2, 0.25) is 0 Å². The van der Waals surface area contributed by atoms with Gasteiger partial charge in [-0.05, 0) is 40.5 Å². The van der Waals surface area contributed by atoms with Crippen molar-refractivity contribution in [3.05, 3.63) is 0 Å². The number of ether oxygens (including phenoxy) is 2. The van der Waals surface area contributed by atoms with E-state index in [1.165, 1.54) is 44.9 Å². The SMILES string of the molecule is CCCCCCCCCCCC(=O)O[C@H](C)C(CC)C(=O)OC(C)(C)C. The lowest BCUT2D eigenvalue weighted by Crippen LogP contribution is -2.35. The fraction of sp³-hybridized carbons (Fsp3) is 0.909. The van der Waals surface area contributed by atoms with Gasteiger partial charge in [0.05, 0.1) is 5.92 Å². The summed E-state index contributed by atoms with van der Waals surface area (Å²) in [7, 11) is 0. The maximum Gasteiger partial charge on any atom is 0.313 e. The van der Waals surface area contributed by atoms with Crippen LogP contribution >= 0.6 is 0 Å². The molecule has 0 saturated heterocycles. The minimum Gasteiger partial charge on any atom is -0.462 e. The standard InChI is InChI=1S/C22H42O4/c1-7-9-10-11-12-13-14-15-16-17-20(23)25-18(3)19(8-2)21(24)26-22(4,5)6/h18-19H,7-17H2,1-6H3/t18-,19?/m1/s1. The first kappa shape index (κ1) is 24.9. The van der Waals surface area contributed by atoms with Gasteiger partial charge in [-0.3, -0.25) is 9.59 Å². The zero-order valence-corrected chi connectivity index (χ0v) is 18.1. The van der Waals surface area contributed by atoms with Gasteiger partial charge < -0.3 is 9.47 Å². The number of carbonyl (C=O) groups excluding carboxylic acids is 2. The van der Waals surface area contributed by atoms with Gasteiger partial charge in [-0.1, -0.05) is 65.2 Å². The number of esters is 2. The van der Waals surface area contributed by atoms with Crippen molar-refractivity contribution in [3.8, 4) is 0 Å². The Hall–Kier alpha value is -1.06. The third-order valence-electron chi connectivity index (χ3n) is 4.52. The molecule has 154 valence electrons. The summed E-state index contributed by atoms with van der Waals surface area (Å²) in [5, 5.41) is 0. The van der Waals surface area contributed by atoms with Crippen molar-refractivity contribution in [1.82, 2.24) is 0 Å². The predicted octanol–water partition coefficient (Wildman–Crippen LogP) is 6.21. The van der Waals surface area contributed by atoms with Crippen LogP contribution in [0.25, 0.3) is 0 Å². The molecule has 0 aromatic rings. The molecule has 0 radical (unpaired) electrons. The van der Waals surface area contributed by atoms with Crippen LogP contribution < -0.4 is 0 Å². The van der Waals surface area contributed by atoms with Gasteiger partial charge in [0.1, 0.15) is 11.7 Å². The van der Waals surface area contributed by atoms with Crippen LogP contribution in [-0.2, 0) is 19.1 Å². The molecule has 0 bridgehead atoms. The van der Waals surface area contributed by atoms with E-state index >= 15 is 0 Å². The lowest BCUT2D eigenvalue weighted by atomic mass is 10.00. The van der Waals surface area contributed by atoms with E-state index in [1.807, 2.05) is 27.7 Å². The van der Waals surface area contributed by atoms with Gasteiger partial charge in [0.25, 0.3) is 0 Å². The number of hydrogen-bond acceptors (Lipinski definition) is 4. The molecule has 0 spiro atoms. The monoisotopic (exact) mass is 370 g/mol. The molecule has 0 heterocycles. The van der Waals surface area contributed by atoms with Gasteiger partial charge in [-0.2, -0.15) is 0 Å². The molecule has 0 aliphatic heterocycles. The van der Waals surface area contributed by atoms with E-state index in [0.29, 0.717) is 12.8 Å². The van der Waals surface area contributed by atoms with Gasteiger partial charge in [0.2, 0.25) is 0 Å². The molecule has 1 unspecified atom stereocenters. The summed E-state index contributed by atoms with van der Waals surface area (Å²) >= 11 is 0. The first-order valence-electron chi connectivity index (χ1n) is 10.6. The second-order valence-electron chi connectivity index (χ2n) is 8.32. The van der Waals surface area contributed by atoms with E-state index in [2.05, 4.69) is 6.92 Å². The third-order valence-corrected chi connectivity index (χ3v) is 4.52. The maximum absolute atomic E-state index is 12.2. The number of unbranched alkanes of at least 4 members (excludes halogenated alkanes) is 8. The Balaban J connectivity index is 3.94. The molecule has 0 aromatic carbocycles. The van der Waals surface area contributed by atoms with E-state index < -0.39 is 17.6 Å². The van der Waals surface area contributed by atoms with Crippen molar-refractivity contribution in [3.63, 3.8) is 0 Å². The van der Waals surface area contributed by atoms with E-state index in [-0.39, 0.29) is 11.9 Å². The fourth-order valence-electron chi connectivity index (χ4n) is 3.00.